The Kier molecular flexibility index (Phi) is 8.31. The van der Waals surface area contributed by atoms with E-state index < -0.39 is 16.1 Å². The first kappa shape index (κ1) is 28.0. The van der Waals surface area contributed by atoms with Crippen LogP contribution in [-0.4, -0.2) is 72.4 Å². The molecule has 10 nitrogen and oxygen atoms in total. The van der Waals surface area contributed by atoms with Gasteiger partial charge in [0.2, 0.25) is 10.0 Å². The number of para-hydroxylation sites is 1. The average molecular weight is 600 g/mol. The first-order valence-corrected chi connectivity index (χ1v) is 15.2. The second-order valence-electron chi connectivity index (χ2n) is 8.95. The number of pyridine rings is 1. The van der Waals surface area contributed by atoms with Gasteiger partial charge in [-0.15, -0.1) is 0 Å². The third-order valence-electron chi connectivity index (χ3n) is 6.40. The molecule has 1 saturated heterocycles. The van der Waals surface area contributed by atoms with Crippen molar-refractivity contribution in [1.29, 1.82) is 0 Å². The van der Waals surface area contributed by atoms with Gasteiger partial charge in [-0.3, -0.25) is 14.7 Å². The molecule has 40 heavy (non-hydrogen) atoms. The highest BCUT2D eigenvalue weighted by molar-refractivity contribution is 7.89. The SMILES string of the molecule is CCOC(=O)N1CCN(S(=O)(=O)c2ccc(C(=O)N(Cc3cccnc3)c3nc4c(Cl)cccc4s3)cc2)CC1. The number of anilines is 1. The number of hydrogen-bond acceptors (Lipinski definition) is 8. The summed E-state index contributed by atoms with van der Waals surface area (Å²) in [6.45, 7) is 2.99. The molecule has 2 aromatic carbocycles. The summed E-state index contributed by atoms with van der Waals surface area (Å²) in [5.41, 5.74) is 1.72. The normalized spacial score (nSPS) is 14.3. The third kappa shape index (κ3) is 5.80. The number of carbonyl (C=O) groups is 2. The highest BCUT2D eigenvalue weighted by Crippen LogP contribution is 2.34. The molecular weight excluding hydrogens is 574 g/mol. The van der Waals surface area contributed by atoms with E-state index in [0.717, 1.165) is 10.3 Å². The average Bonchev–Trinajstić information content (AvgIpc) is 3.42. The van der Waals surface area contributed by atoms with Gasteiger partial charge in [0.25, 0.3) is 5.91 Å². The first-order chi connectivity index (χ1) is 19.3. The molecule has 5 rings (SSSR count). The highest BCUT2D eigenvalue weighted by atomic mass is 35.5. The topological polar surface area (TPSA) is 113 Å². The van der Waals surface area contributed by atoms with Crippen molar-refractivity contribution in [1.82, 2.24) is 19.2 Å². The zero-order valence-corrected chi connectivity index (χ0v) is 24.0. The molecular formula is C27H26ClN5O5S2. The predicted octanol–water partition coefficient (Wildman–Crippen LogP) is 4.65. The maximum Gasteiger partial charge on any atom is 0.409 e. The van der Waals surface area contributed by atoms with Crippen molar-refractivity contribution in [2.24, 2.45) is 0 Å². The number of rotatable bonds is 7. The van der Waals surface area contributed by atoms with Crippen molar-refractivity contribution < 1.29 is 22.7 Å². The number of thiazole rings is 1. The lowest BCUT2D eigenvalue weighted by Gasteiger charge is -2.33. The summed E-state index contributed by atoms with van der Waals surface area (Å²) in [6.07, 6.45) is 2.88. The summed E-state index contributed by atoms with van der Waals surface area (Å²) in [6, 6.07) is 15.0. The lowest BCUT2D eigenvalue weighted by molar-refractivity contribution is 0.0933. The second kappa shape index (κ2) is 11.9. The van der Waals surface area contributed by atoms with Crippen LogP contribution in [0.25, 0.3) is 10.2 Å². The van der Waals surface area contributed by atoms with E-state index in [1.54, 1.807) is 31.5 Å². The number of hydrogen-bond donors (Lipinski definition) is 0. The van der Waals surface area contributed by atoms with E-state index in [9.17, 15) is 18.0 Å². The van der Waals surface area contributed by atoms with E-state index in [1.165, 1.54) is 49.7 Å². The number of halogens is 1. The Morgan fingerprint density at radius 3 is 2.45 bits per heavy atom. The van der Waals surface area contributed by atoms with Crippen molar-refractivity contribution in [3.05, 3.63) is 83.1 Å². The van der Waals surface area contributed by atoms with Crippen LogP contribution in [0.2, 0.25) is 5.02 Å². The quantitative estimate of drug-likeness (QED) is 0.304. The lowest BCUT2D eigenvalue weighted by Crippen LogP contribution is -2.50. The van der Waals surface area contributed by atoms with Crippen LogP contribution in [0, 0.1) is 0 Å². The molecule has 2 amide bonds. The largest absolute Gasteiger partial charge is 0.450 e. The lowest BCUT2D eigenvalue weighted by atomic mass is 10.2. The molecule has 208 valence electrons. The highest BCUT2D eigenvalue weighted by Gasteiger charge is 2.31. The Balaban J connectivity index is 1.38. The number of piperazine rings is 1. The van der Waals surface area contributed by atoms with Gasteiger partial charge in [-0.25, -0.2) is 18.2 Å². The van der Waals surface area contributed by atoms with E-state index in [-0.39, 0.29) is 50.1 Å². The van der Waals surface area contributed by atoms with E-state index >= 15 is 0 Å². The fourth-order valence-electron chi connectivity index (χ4n) is 4.32. The summed E-state index contributed by atoms with van der Waals surface area (Å²) in [5.74, 6) is -0.342. The molecule has 2 aromatic heterocycles. The molecule has 1 fully saturated rings. The van der Waals surface area contributed by atoms with Gasteiger partial charge in [0.05, 0.1) is 27.8 Å². The molecule has 0 spiro atoms. The third-order valence-corrected chi connectivity index (χ3v) is 9.66. The minimum Gasteiger partial charge on any atom is -0.450 e. The number of nitrogens with zero attached hydrogens (tertiary/aromatic N) is 5. The van der Waals surface area contributed by atoms with Gasteiger partial charge >= 0.3 is 6.09 Å². The molecule has 0 unspecified atom stereocenters. The van der Waals surface area contributed by atoms with Crippen LogP contribution in [-0.2, 0) is 21.3 Å². The number of sulfonamides is 1. The van der Waals surface area contributed by atoms with Crippen molar-refractivity contribution >= 4 is 60.3 Å². The predicted molar refractivity (Wildman–Crippen MR) is 153 cm³/mol. The number of fused-ring (bicyclic) bond motifs is 1. The first-order valence-electron chi connectivity index (χ1n) is 12.6. The molecule has 13 heteroatoms. The van der Waals surface area contributed by atoms with Crippen molar-refractivity contribution in [2.75, 3.05) is 37.7 Å². The molecule has 1 aliphatic heterocycles. The maximum atomic E-state index is 13.8. The maximum absolute atomic E-state index is 13.8. The summed E-state index contributed by atoms with van der Waals surface area (Å²) in [5, 5.41) is 0.958. The molecule has 0 bridgehead atoms. The molecule has 0 radical (unpaired) electrons. The Bertz CT molecular complexity index is 1620. The van der Waals surface area contributed by atoms with Gasteiger partial charge in [0.1, 0.15) is 5.52 Å². The molecule has 0 N–H and O–H groups in total. The molecule has 0 saturated carbocycles. The number of ether oxygens (including phenoxy) is 1. The second-order valence-corrected chi connectivity index (χ2v) is 12.3. The van der Waals surface area contributed by atoms with Crippen LogP contribution >= 0.6 is 22.9 Å². The summed E-state index contributed by atoms with van der Waals surface area (Å²) >= 11 is 7.68. The number of benzene rings is 2. The summed E-state index contributed by atoms with van der Waals surface area (Å²) < 4.78 is 33.7. The molecule has 3 heterocycles. The van der Waals surface area contributed by atoms with Crippen molar-refractivity contribution in [3.8, 4) is 0 Å². The fraction of sp³-hybridized carbons (Fsp3) is 0.259. The monoisotopic (exact) mass is 599 g/mol. The van der Waals surface area contributed by atoms with Crippen LogP contribution in [0.4, 0.5) is 9.93 Å². The number of carbonyl (C=O) groups excluding carboxylic acids is 2. The Hall–Kier alpha value is -3.58. The zero-order valence-electron chi connectivity index (χ0n) is 21.6. The fourth-order valence-corrected chi connectivity index (χ4v) is 7.00. The number of aromatic nitrogens is 2. The van der Waals surface area contributed by atoms with Crippen molar-refractivity contribution in [3.63, 3.8) is 0 Å². The van der Waals surface area contributed by atoms with Crippen LogP contribution < -0.4 is 4.90 Å². The smallest absolute Gasteiger partial charge is 0.409 e. The van der Waals surface area contributed by atoms with Gasteiger partial charge < -0.3 is 9.64 Å². The van der Waals surface area contributed by atoms with Gasteiger partial charge in [0.15, 0.2) is 5.13 Å². The van der Waals surface area contributed by atoms with Crippen LogP contribution in [0.5, 0.6) is 0 Å². The van der Waals surface area contributed by atoms with Crippen LogP contribution in [0.1, 0.15) is 22.8 Å². The van der Waals surface area contributed by atoms with Gasteiger partial charge in [-0.05, 0) is 55.0 Å². The Morgan fingerprint density at radius 2 is 1.80 bits per heavy atom. The Morgan fingerprint density at radius 1 is 1.05 bits per heavy atom. The summed E-state index contributed by atoms with van der Waals surface area (Å²) in [4.78, 5) is 37.6. The van der Waals surface area contributed by atoms with Gasteiger partial charge in [-0.2, -0.15) is 4.31 Å². The van der Waals surface area contributed by atoms with Gasteiger partial charge in [-0.1, -0.05) is 35.1 Å². The van der Waals surface area contributed by atoms with Crippen LogP contribution in [0.15, 0.2) is 71.9 Å². The zero-order chi connectivity index (χ0) is 28.3. The molecule has 0 atom stereocenters. The number of amides is 2. The summed E-state index contributed by atoms with van der Waals surface area (Å²) in [7, 11) is -3.81. The van der Waals surface area contributed by atoms with Gasteiger partial charge in [0, 0.05) is 44.1 Å². The minimum atomic E-state index is -3.81. The van der Waals surface area contributed by atoms with E-state index in [2.05, 4.69) is 9.97 Å². The van der Waals surface area contributed by atoms with E-state index in [4.69, 9.17) is 16.3 Å². The Labute approximate surface area is 240 Å². The van der Waals surface area contributed by atoms with E-state index in [0.29, 0.717) is 21.2 Å². The van der Waals surface area contributed by atoms with Crippen molar-refractivity contribution in [2.45, 2.75) is 18.4 Å². The molecule has 1 aliphatic rings. The standard InChI is InChI=1S/C27H26ClN5O5S2/c1-2-38-27(35)31-13-15-32(16-14-31)40(36,37)21-10-8-20(9-11-21)25(34)33(18-19-5-4-12-29-17-19)26-30-24-22(28)6-3-7-23(24)39-26/h3-12,17H,2,13-16,18H2,1H3. The van der Waals surface area contributed by atoms with E-state index in [1.807, 2.05) is 18.2 Å². The molecule has 4 aromatic rings. The minimum absolute atomic E-state index is 0.0687. The van der Waals surface area contributed by atoms with Crippen LogP contribution in [0.3, 0.4) is 0 Å². The molecule has 0 aliphatic carbocycles.